The van der Waals surface area contributed by atoms with Crippen LogP contribution in [-0.2, 0) is 0 Å². The summed E-state index contributed by atoms with van der Waals surface area (Å²) in [5, 5.41) is 3.66. The molecule has 2 rings (SSSR count). The summed E-state index contributed by atoms with van der Waals surface area (Å²) in [6, 6.07) is 0.614. The van der Waals surface area contributed by atoms with Gasteiger partial charge in [0.1, 0.15) is 0 Å². The van der Waals surface area contributed by atoms with Gasteiger partial charge in [-0.1, -0.05) is 41.5 Å². The average Bonchev–Trinajstić information content (AvgIpc) is 2.66. The summed E-state index contributed by atoms with van der Waals surface area (Å²) in [4.78, 5) is 0. The molecule has 1 N–H and O–H groups in total. The zero-order valence-electron chi connectivity index (χ0n) is 12.4. The zero-order valence-corrected chi connectivity index (χ0v) is 13.2. The fourth-order valence-corrected chi connectivity index (χ4v) is 6.44. The first-order valence-electron chi connectivity index (χ1n) is 7.07. The monoisotopic (exact) mass is 255 g/mol. The molecule has 2 heteroatoms. The van der Waals surface area contributed by atoms with Crippen LogP contribution in [0.15, 0.2) is 0 Å². The Kier molecular flexibility index (Phi) is 3.36. The molecule has 2 atom stereocenters. The molecule has 0 amide bonds. The maximum atomic E-state index is 3.66. The van der Waals surface area contributed by atoms with Gasteiger partial charge in [0.15, 0.2) is 0 Å². The molecule has 1 aliphatic carbocycles. The van der Waals surface area contributed by atoms with Crippen molar-refractivity contribution >= 4 is 11.8 Å². The Morgan fingerprint density at radius 1 is 1.24 bits per heavy atom. The number of hydrogen-bond acceptors (Lipinski definition) is 2. The highest BCUT2D eigenvalue weighted by atomic mass is 32.2. The second-order valence-electron chi connectivity index (χ2n) is 7.50. The van der Waals surface area contributed by atoms with Crippen LogP contribution >= 0.6 is 11.8 Å². The van der Waals surface area contributed by atoms with Gasteiger partial charge in [-0.2, -0.15) is 11.8 Å². The molecule has 1 saturated heterocycles. The summed E-state index contributed by atoms with van der Waals surface area (Å²) in [6.45, 7) is 15.7. The molecule has 0 aromatic rings. The molecule has 0 bridgehead atoms. The lowest BCUT2D eigenvalue weighted by Gasteiger charge is -2.42. The Hall–Kier alpha value is 0.310. The third-order valence-corrected chi connectivity index (χ3v) is 6.82. The van der Waals surface area contributed by atoms with Crippen LogP contribution in [-0.4, -0.2) is 24.1 Å². The van der Waals surface area contributed by atoms with Crippen LogP contribution in [0.3, 0.4) is 0 Å². The number of thioether (sulfide) groups is 1. The van der Waals surface area contributed by atoms with Gasteiger partial charge in [0, 0.05) is 11.8 Å². The van der Waals surface area contributed by atoms with E-state index in [1.54, 1.807) is 0 Å². The average molecular weight is 255 g/mol. The lowest BCUT2D eigenvalue weighted by atomic mass is 9.70. The van der Waals surface area contributed by atoms with E-state index in [1.807, 2.05) is 0 Å². The third kappa shape index (κ3) is 1.87. The normalized spacial score (nSPS) is 38.6. The molecule has 1 spiro atoms. The standard InChI is InChI=1S/C15H29NS/c1-11(2)16-9-12-14(5,6)15(12)10-17-8-7-13(15,3)4/h11-12,16H,7-10H2,1-6H3. The Morgan fingerprint density at radius 2 is 1.88 bits per heavy atom. The minimum atomic E-state index is 0.519. The first-order valence-corrected chi connectivity index (χ1v) is 8.22. The summed E-state index contributed by atoms with van der Waals surface area (Å²) >= 11 is 2.18. The molecule has 0 radical (unpaired) electrons. The van der Waals surface area contributed by atoms with Crippen LogP contribution < -0.4 is 5.32 Å². The van der Waals surface area contributed by atoms with Crippen molar-refractivity contribution in [2.45, 2.75) is 54.0 Å². The molecule has 1 nitrogen and oxygen atoms in total. The van der Waals surface area contributed by atoms with Gasteiger partial charge in [0.25, 0.3) is 0 Å². The van der Waals surface area contributed by atoms with Crippen LogP contribution in [0.2, 0.25) is 0 Å². The summed E-state index contributed by atoms with van der Waals surface area (Å²) in [6.07, 6.45) is 1.39. The Balaban J connectivity index is 2.14. The van der Waals surface area contributed by atoms with E-state index >= 15 is 0 Å². The maximum Gasteiger partial charge on any atom is 0.00105 e. The molecule has 1 aliphatic heterocycles. The Labute approximate surface area is 112 Å². The van der Waals surface area contributed by atoms with Crippen molar-refractivity contribution in [3.05, 3.63) is 0 Å². The minimum Gasteiger partial charge on any atom is -0.314 e. The molecule has 2 unspecified atom stereocenters. The van der Waals surface area contributed by atoms with E-state index in [0.29, 0.717) is 22.3 Å². The van der Waals surface area contributed by atoms with Gasteiger partial charge in [-0.05, 0) is 40.9 Å². The molecule has 0 aromatic carbocycles. The largest absolute Gasteiger partial charge is 0.314 e. The second-order valence-corrected chi connectivity index (χ2v) is 8.60. The van der Waals surface area contributed by atoms with Crippen molar-refractivity contribution in [1.29, 1.82) is 0 Å². The summed E-state index contributed by atoms with van der Waals surface area (Å²) < 4.78 is 0. The van der Waals surface area contributed by atoms with Crippen molar-refractivity contribution in [2.75, 3.05) is 18.1 Å². The van der Waals surface area contributed by atoms with Gasteiger partial charge < -0.3 is 5.32 Å². The summed E-state index contributed by atoms with van der Waals surface area (Å²) in [5.74, 6) is 3.59. The lowest BCUT2D eigenvalue weighted by Crippen LogP contribution is -2.38. The fourth-order valence-electron chi connectivity index (χ4n) is 4.36. The smallest absolute Gasteiger partial charge is 0.00105 e. The number of nitrogens with one attached hydrogen (secondary N) is 1. The first kappa shape index (κ1) is 13.7. The van der Waals surface area contributed by atoms with Crippen LogP contribution in [0.4, 0.5) is 0 Å². The fraction of sp³-hybridized carbons (Fsp3) is 1.00. The van der Waals surface area contributed by atoms with Gasteiger partial charge >= 0.3 is 0 Å². The van der Waals surface area contributed by atoms with Crippen molar-refractivity contribution in [3.63, 3.8) is 0 Å². The van der Waals surface area contributed by atoms with Crippen LogP contribution in [0.25, 0.3) is 0 Å². The van der Waals surface area contributed by atoms with Crippen molar-refractivity contribution in [2.24, 2.45) is 22.2 Å². The molecule has 1 saturated carbocycles. The van der Waals surface area contributed by atoms with E-state index in [-0.39, 0.29) is 0 Å². The number of rotatable bonds is 3. The van der Waals surface area contributed by atoms with Gasteiger partial charge in [0.2, 0.25) is 0 Å². The molecule has 2 aliphatic rings. The third-order valence-electron chi connectivity index (χ3n) is 5.67. The minimum absolute atomic E-state index is 0.519. The highest BCUT2D eigenvalue weighted by molar-refractivity contribution is 7.99. The van der Waals surface area contributed by atoms with E-state index in [1.165, 1.54) is 24.5 Å². The summed E-state index contributed by atoms with van der Waals surface area (Å²) in [5.41, 5.74) is 1.61. The maximum absolute atomic E-state index is 3.66. The van der Waals surface area contributed by atoms with Crippen molar-refractivity contribution < 1.29 is 0 Å². The molecular weight excluding hydrogens is 226 g/mol. The van der Waals surface area contributed by atoms with Gasteiger partial charge in [-0.15, -0.1) is 0 Å². The van der Waals surface area contributed by atoms with E-state index < -0.39 is 0 Å². The van der Waals surface area contributed by atoms with E-state index in [9.17, 15) is 0 Å². The van der Waals surface area contributed by atoms with E-state index in [0.717, 1.165) is 5.92 Å². The van der Waals surface area contributed by atoms with E-state index in [4.69, 9.17) is 0 Å². The van der Waals surface area contributed by atoms with Gasteiger partial charge in [0.05, 0.1) is 0 Å². The second kappa shape index (κ2) is 4.16. The Morgan fingerprint density at radius 3 is 2.41 bits per heavy atom. The Bertz CT molecular complexity index is 295. The molecule has 1 heterocycles. The van der Waals surface area contributed by atoms with Gasteiger partial charge in [-0.3, -0.25) is 0 Å². The highest BCUT2D eigenvalue weighted by Gasteiger charge is 2.75. The zero-order chi connectivity index (χ0) is 12.9. The molecule has 100 valence electrons. The number of hydrogen-bond donors (Lipinski definition) is 1. The van der Waals surface area contributed by atoms with Crippen LogP contribution in [0.5, 0.6) is 0 Å². The van der Waals surface area contributed by atoms with Gasteiger partial charge in [-0.25, -0.2) is 0 Å². The molecule has 0 aromatic heterocycles. The highest BCUT2D eigenvalue weighted by Crippen LogP contribution is 2.78. The quantitative estimate of drug-likeness (QED) is 0.823. The SMILES string of the molecule is CC(C)NCC1C(C)(C)C12CSCCC2(C)C. The summed E-state index contributed by atoms with van der Waals surface area (Å²) in [7, 11) is 0. The molecule has 17 heavy (non-hydrogen) atoms. The van der Waals surface area contributed by atoms with E-state index in [2.05, 4.69) is 58.6 Å². The lowest BCUT2D eigenvalue weighted by molar-refractivity contribution is 0.146. The molecule has 2 fully saturated rings. The topological polar surface area (TPSA) is 12.0 Å². The van der Waals surface area contributed by atoms with Crippen molar-refractivity contribution in [1.82, 2.24) is 5.32 Å². The predicted molar refractivity (Wildman–Crippen MR) is 78.6 cm³/mol. The van der Waals surface area contributed by atoms with Crippen molar-refractivity contribution in [3.8, 4) is 0 Å². The van der Waals surface area contributed by atoms with Crippen LogP contribution in [0.1, 0.15) is 48.0 Å². The molecular formula is C15H29NS. The predicted octanol–water partition coefficient (Wildman–Crippen LogP) is 3.79. The van der Waals surface area contributed by atoms with Crippen LogP contribution in [0, 0.1) is 22.2 Å². The first-order chi connectivity index (χ1) is 7.76.